The van der Waals surface area contributed by atoms with E-state index in [1.807, 2.05) is 23.1 Å². The monoisotopic (exact) mass is 413 g/mol. The molecule has 0 atom stereocenters. The largest absolute Gasteiger partial charge is 0.497 e. The topological polar surface area (TPSA) is 96.0 Å². The highest BCUT2D eigenvalue weighted by Gasteiger charge is 2.21. The van der Waals surface area contributed by atoms with Crippen LogP contribution < -0.4 is 25.0 Å². The fourth-order valence-electron chi connectivity index (χ4n) is 3.25. The maximum absolute atomic E-state index is 12.4. The normalized spacial score (nSPS) is 13.5. The summed E-state index contributed by atoms with van der Waals surface area (Å²) in [5, 5.41) is 5.43. The summed E-state index contributed by atoms with van der Waals surface area (Å²) in [4.78, 5) is 33.0. The number of piperazine rings is 1. The molecule has 1 aliphatic rings. The number of rotatable bonds is 7. The molecule has 0 spiro atoms. The molecule has 2 N–H and O–H groups in total. The molecule has 2 heterocycles. The predicted octanol–water partition coefficient (Wildman–Crippen LogP) is 1.96. The van der Waals surface area contributed by atoms with E-state index >= 15 is 0 Å². The van der Waals surface area contributed by atoms with Gasteiger partial charge >= 0.3 is 6.03 Å². The summed E-state index contributed by atoms with van der Waals surface area (Å²) in [6.45, 7) is 3.02. The number of nitrogens with zero attached hydrogens (tertiary/aromatic N) is 3. The summed E-state index contributed by atoms with van der Waals surface area (Å²) < 4.78 is 10.4. The lowest BCUT2D eigenvalue weighted by molar-refractivity contribution is -0.131. The third-order valence-electron chi connectivity index (χ3n) is 4.88. The van der Waals surface area contributed by atoms with E-state index in [-0.39, 0.29) is 18.9 Å². The number of pyridine rings is 1. The number of hydrogen-bond donors (Lipinski definition) is 2. The van der Waals surface area contributed by atoms with Crippen LogP contribution in [0.1, 0.15) is 6.42 Å². The zero-order valence-electron chi connectivity index (χ0n) is 17.3. The molecule has 1 aliphatic heterocycles. The Morgan fingerprint density at radius 3 is 2.53 bits per heavy atom. The van der Waals surface area contributed by atoms with E-state index in [4.69, 9.17) is 9.47 Å². The maximum Gasteiger partial charge on any atom is 0.319 e. The van der Waals surface area contributed by atoms with Gasteiger partial charge in [-0.3, -0.25) is 4.79 Å². The molecule has 2 aromatic rings. The van der Waals surface area contributed by atoms with Gasteiger partial charge in [0.15, 0.2) is 0 Å². The maximum atomic E-state index is 12.4. The first kappa shape index (κ1) is 21.2. The Morgan fingerprint density at radius 2 is 1.87 bits per heavy atom. The van der Waals surface area contributed by atoms with Crippen molar-refractivity contribution in [3.63, 3.8) is 0 Å². The first-order valence-corrected chi connectivity index (χ1v) is 9.81. The van der Waals surface area contributed by atoms with Crippen LogP contribution in [0.2, 0.25) is 0 Å². The number of methoxy groups -OCH3 is 2. The summed E-state index contributed by atoms with van der Waals surface area (Å²) in [5.41, 5.74) is 0.492. The highest BCUT2D eigenvalue weighted by atomic mass is 16.5. The molecule has 9 heteroatoms. The first-order valence-electron chi connectivity index (χ1n) is 9.81. The van der Waals surface area contributed by atoms with Gasteiger partial charge in [0.25, 0.3) is 0 Å². The van der Waals surface area contributed by atoms with E-state index in [1.54, 1.807) is 31.5 Å². The van der Waals surface area contributed by atoms with E-state index in [0.29, 0.717) is 30.3 Å². The van der Waals surface area contributed by atoms with E-state index in [9.17, 15) is 9.59 Å². The van der Waals surface area contributed by atoms with Gasteiger partial charge in [-0.25, -0.2) is 9.78 Å². The lowest BCUT2D eigenvalue weighted by atomic mass is 10.2. The Morgan fingerprint density at radius 1 is 1.07 bits per heavy atom. The van der Waals surface area contributed by atoms with Crippen LogP contribution in [-0.4, -0.2) is 68.8 Å². The summed E-state index contributed by atoms with van der Waals surface area (Å²) in [7, 11) is 3.07. The number of hydrogen-bond acceptors (Lipinski definition) is 6. The average molecular weight is 413 g/mol. The molecule has 0 bridgehead atoms. The molecule has 0 saturated carbocycles. The van der Waals surface area contributed by atoms with Crippen LogP contribution in [0.25, 0.3) is 0 Å². The number of anilines is 2. The van der Waals surface area contributed by atoms with Crippen LogP contribution in [0.15, 0.2) is 42.6 Å². The van der Waals surface area contributed by atoms with Gasteiger partial charge in [0, 0.05) is 51.4 Å². The molecule has 9 nitrogen and oxygen atoms in total. The van der Waals surface area contributed by atoms with Gasteiger partial charge in [-0.15, -0.1) is 0 Å². The Bertz CT molecular complexity index is 854. The standard InChI is InChI=1S/C21H27N5O4/c1-29-16-6-7-18(30-2)17(15-16)24-21(28)23-10-8-20(27)26-13-11-25(12-14-26)19-5-3-4-9-22-19/h3-7,9,15H,8,10-14H2,1-2H3,(H2,23,24,28). The van der Waals surface area contributed by atoms with Crippen molar-refractivity contribution in [3.8, 4) is 11.5 Å². The second kappa shape index (κ2) is 10.3. The summed E-state index contributed by atoms with van der Waals surface area (Å²) >= 11 is 0. The molecule has 0 radical (unpaired) electrons. The Labute approximate surface area is 176 Å². The summed E-state index contributed by atoms with van der Waals surface area (Å²) in [6.07, 6.45) is 2.01. The minimum Gasteiger partial charge on any atom is -0.497 e. The summed E-state index contributed by atoms with van der Waals surface area (Å²) in [5.74, 6) is 2.07. The minimum absolute atomic E-state index is 0.0231. The van der Waals surface area contributed by atoms with Crippen LogP contribution in [-0.2, 0) is 4.79 Å². The molecule has 0 aliphatic carbocycles. The lowest BCUT2D eigenvalue weighted by Crippen LogP contribution is -2.49. The lowest BCUT2D eigenvalue weighted by Gasteiger charge is -2.35. The third kappa shape index (κ3) is 5.53. The van der Waals surface area contributed by atoms with Gasteiger partial charge in [-0.05, 0) is 24.3 Å². The molecule has 1 saturated heterocycles. The van der Waals surface area contributed by atoms with Crippen LogP contribution in [0.4, 0.5) is 16.3 Å². The van der Waals surface area contributed by atoms with Crippen LogP contribution in [0.5, 0.6) is 11.5 Å². The Kier molecular flexibility index (Phi) is 7.31. The quantitative estimate of drug-likeness (QED) is 0.720. The van der Waals surface area contributed by atoms with Crippen LogP contribution in [0.3, 0.4) is 0 Å². The zero-order chi connectivity index (χ0) is 21.3. The van der Waals surface area contributed by atoms with Gasteiger partial charge in [0.1, 0.15) is 17.3 Å². The molecule has 3 amide bonds. The second-order valence-corrected chi connectivity index (χ2v) is 6.75. The minimum atomic E-state index is -0.408. The van der Waals surface area contributed by atoms with Crippen molar-refractivity contribution in [2.24, 2.45) is 0 Å². The number of nitrogens with one attached hydrogen (secondary N) is 2. The number of carbonyl (C=O) groups excluding carboxylic acids is 2. The predicted molar refractivity (Wildman–Crippen MR) is 114 cm³/mol. The van der Waals surface area contributed by atoms with Gasteiger partial charge < -0.3 is 29.9 Å². The fraction of sp³-hybridized carbons (Fsp3) is 0.381. The second-order valence-electron chi connectivity index (χ2n) is 6.75. The van der Waals surface area contributed by atoms with E-state index < -0.39 is 6.03 Å². The Hall–Kier alpha value is -3.49. The number of urea groups is 1. The first-order chi connectivity index (χ1) is 14.6. The number of aromatic nitrogens is 1. The fourth-order valence-corrected chi connectivity index (χ4v) is 3.25. The van der Waals surface area contributed by atoms with Crippen molar-refractivity contribution < 1.29 is 19.1 Å². The molecule has 3 rings (SSSR count). The van der Waals surface area contributed by atoms with Crippen molar-refractivity contribution in [1.29, 1.82) is 0 Å². The number of ether oxygens (including phenoxy) is 2. The molecule has 1 fully saturated rings. The SMILES string of the molecule is COc1ccc(OC)c(NC(=O)NCCC(=O)N2CCN(c3ccccn3)CC2)c1. The molecule has 1 aromatic heterocycles. The molecular formula is C21H27N5O4. The summed E-state index contributed by atoms with van der Waals surface area (Å²) in [6, 6.07) is 10.5. The molecular weight excluding hydrogens is 386 g/mol. The van der Waals surface area contributed by atoms with E-state index in [2.05, 4.69) is 20.5 Å². The Balaban J connectivity index is 1.41. The van der Waals surface area contributed by atoms with Crippen molar-refractivity contribution in [1.82, 2.24) is 15.2 Å². The van der Waals surface area contributed by atoms with Crippen molar-refractivity contribution in [3.05, 3.63) is 42.6 Å². The molecule has 160 valence electrons. The van der Waals surface area contributed by atoms with Gasteiger partial charge in [-0.2, -0.15) is 0 Å². The molecule has 1 aromatic carbocycles. The number of amides is 3. The van der Waals surface area contributed by atoms with Crippen molar-refractivity contribution >= 4 is 23.4 Å². The number of carbonyl (C=O) groups is 2. The highest BCUT2D eigenvalue weighted by molar-refractivity contribution is 5.91. The number of benzene rings is 1. The molecule has 0 unspecified atom stereocenters. The van der Waals surface area contributed by atoms with Crippen molar-refractivity contribution in [2.45, 2.75) is 6.42 Å². The molecule has 30 heavy (non-hydrogen) atoms. The van der Waals surface area contributed by atoms with Gasteiger partial charge in [-0.1, -0.05) is 6.07 Å². The third-order valence-corrected chi connectivity index (χ3v) is 4.88. The smallest absolute Gasteiger partial charge is 0.319 e. The van der Waals surface area contributed by atoms with Gasteiger partial charge in [0.2, 0.25) is 5.91 Å². The van der Waals surface area contributed by atoms with E-state index in [1.165, 1.54) is 7.11 Å². The zero-order valence-corrected chi connectivity index (χ0v) is 17.3. The van der Waals surface area contributed by atoms with Gasteiger partial charge in [0.05, 0.1) is 19.9 Å². The van der Waals surface area contributed by atoms with Crippen LogP contribution in [0, 0.1) is 0 Å². The average Bonchev–Trinajstić information content (AvgIpc) is 2.79. The van der Waals surface area contributed by atoms with E-state index in [0.717, 1.165) is 18.9 Å². The highest BCUT2D eigenvalue weighted by Crippen LogP contribution is 2.28. The van der Waals surface area contributed by atoms with Crippen LogP contribution >= 0.6 is 0 Å². The van der Waals surface area contributed by atoms with Crippen molar-refractivity contribution in [2.75, 3.05) is 57.2 Å².